The zero-order chi connectivity index (χ0) is 12.1. The van der Waals surface area contributed by atoms with Crippen LogP contribution in [0.1, 0.15) is 25.5 Å². The largest absolute Gasteiger partial charge is 0.462 e. The average molecular weight is 217 g/mol. The molecule has 1 aromatic carbocycles. The van der Waals surface area contributed by atoms with Crippen LogP contribution in [0.2, 0.25) is 0 Å². The highest BCUT2D eigenvalue weighted by atomic mass is 16.6. The minimum atomic E-state index is -1.13. The van der Waals surface area contributed by atoms with E-state index in [1.54, 1.807) is 6.08 Å². The molecule has 0 amide bonds. The van der Waals surface area contributed by atoms with Crippen LogP contribution in [-0.4, -0.2) is 12.6 Å². The first kappa shape index (κ1) is 8.53. The van der Waals surface area contributed by atoms with Crippen molar-refractivity contribution in [3.8, 4) is 0 Å². The molecule has 2 atom stereocenters. The summed E-state index contributed by atoms with van der Waals surface area (Å²) in [6.07, 6.45) is 2.39. The van der Waals surface area contributed by atoms with Gasteiger partial charge in [-0.05, 0) is 17.2 Å². The molecule has 3 heteroatoms. The number of carbonyl (C=O) groups is 1. The lowest BCUT2D eigenvalue weighted by Crippen LogP contribution is -2.28. The minimum absolute atomic E-state index is 0.122. The Morgan fingerprint density at radius 1 is 1.62 bits per heavy atom. The summed E-state index contributed by atoms with van der Waals surface area (Å²) in [5, 5.41) is 0. The van der Waals surface area contributed by atoms with Crippen LogP contribution in [0.4, 0.5) is 0 Å². The van der Waals surface area contributed by atoms with Crippen LogP contribution in [0.15, 0.2) is 36.4 Å². The van der Waals surface area contributed by atoms with Gasteiger partial charge in [0.2, 0.25) is 0 Å². The predicted molar refractivity (Wildman–Crippen MR) is 57.7 cm³/mol. The molecule has 0 saturated carbocycles. The van der Waals surface area contributed by atoms with Gasteiger partial charge in [0.25, 0.3) is 0 Å². The zero-order valence-corrected chi connectivity index (χ0v) is 8.90. The van der Waals surface area contributed by atoms with Gasteiger partial charge in [0.05, 0.1) is 1.37 Å². The van der Waals surface area contributed by atoms with E-state index in [-0.39, 0.29) is 12.6 Å². The second-order valence-corrected chi connectivity index (χ2v) is 4.01. The third-order valence-electron chi connectivity index (χ3n) is 2.93. The van der Waals surface area contributed by atoms with E-state index >= 15 is 0 Å². The Morgan fingerprint density at radius 2 is 2.44 bits per heavy atom. The molecule has 0 unspecified atom stereocenters. The summed E-state index contributed by atoms with van der Waals surface area (Å²) in [5.41, 5.74) is 0.970. The van der Waals surface area contributed by atoms with Crippen LogP contribution in [0.3, 0.4) is 0 Å². The van der Waals surface area contributed by atoms with Crippen molar-refractivity contribution in [2.24, 2.45) is 0 Å². The van der Waals surface area contributed by atoms with Crippen molar-refractivity contribution in [1.29, 1.82) is 0 Å². The number of esters is 1. The molecule has 1 aromatic rings. The molecule has 16 heavy (non-hydrogen) atoms. The summed E-state index contributed by atoms with van der Waals surface area (Å²) in [5.74, 6) is -0.344. The topological polar surface area (TPSA) is 35.5 Å². The van der Waals surface area contributed by atoms with Gasteiger partial charge in [0, 0.05) is 6.92 Å². The SMILES string of the molecule is [2H][C@]12C=C[C@](COC(C)=O)(O1)c1ccccc12. The Balaban J connectivity index is 2.03. The molecule has 0 aromatic heterocycles. The van der Waals surface area contributed by atoms with Crippen LogP contribution in [0.5, 0.6) is 0 Å². The van der Waals surface area contributed by atoms with E-state index in [9.17, 15) is 4.79 Å². The molecule has 82 valence electrons. The summed E-state index contributed by atoms with van der Waals surface area (Å²) in [4.78, 5) is 10.9. The van der Waals surface area contributed by atoms with E-state index < -0.39 is 11.7 Å². The number of hydrogen-bond acceptors (Lipinski definition) is 3. The van der Waals surface area contributed by atoms with Crippen LogP contribution in [0, 0.1) is 0 Å². The van der Waals surface area contributed by atoms with Crippen molar-refractivity contribution in [2.75, 3.05) is 6.61 Å². The fourth-order valence-electron chi connectivity index (χ4n) is 2.20. The van der Waals surface area contributed by atoms with Crippen LogP contribution < -0.4 is 0 Å². The second-order valence-electron chi connectivity index (χ2n) is 4.01. The molecule has 3 rings (SSSR count). The fourth-order valence-corrected chi connectivity index (χ4v) is 2.20. The highest BCUT2D eigenvalue weighted by Gasteiger charge is 2.47. The first-order valence-corrected chi connectivity index (χ1v) is 5.20. The summed E-state index contributed by atoms with van der Waals surface area (Å²) in [6, 6.07) is 7.57. The number of benzene rings is 1. The lowest BCUT2D eigenvalue weighted by atomic mass is 9.88. The lowest BCUT2D eigenvalue weighted by molar-refractivity contribution is -0.149. The molecule has 2 bridgehead atoms. The maximum Gasteiger partial charge on any atom is 0.302 e. The number of rotatable bonds is 2. The highest BCUT2D eigenvalue weighted by molar-refractivity contribution is 5.66. The smallest absolute Gasteiger partial charge is 0.302 e. The highest BCUT2D eigenvalue weighted by Crippen LogP contribution is 2.50. The van der Waals surface area contributed by atoms with Crippen molar-refractivity contribution < 1.29 is 15.6 Å². The van der Waals surface area contributed by atoms with Crippen molar-refractivity contribution in [3.63, 3.8) is 0 Å². The molecule has 0 spiro atoms. The third kappa shape index (κ3) is 1.21. The molecule has 2 heterocycles. The van der Waals surface area contributed by atoms with Gasteiger partial charge in [-0.2, -0.15) is 0 Å². The molecule has 0 radical (unpaired) electrons. The second kappa shape index (κ2) is 3.19. The molecule has 0 saturated heterocycles. The number of ether oxygens (including phenoxy) is 2. The van der Waals surface area contributed by atoms with E-state index in [0.717, 1.165) is 11.1 Å². The van der Waals surface area contributed by atoms with Gasteiger partial charge < -0.3 is 9.47 Å². The minimum Gasteiger partial charge on any atom is -0.462 e. The third-order valence-corrected chi connectivity index (χ3v) is 2.93. The summed E-state index contributed by atoms with van der Waals surface area (Å²) < 4.78 is 19.0. The molecule has 0 aliphatic carbocycles. The zero-order valence-electron chi connectivity index (χ0n) is 9.90. The lowest BCUT2D eigenvalue weighted by Gasteiger charge is -2.23. The Bertz CT molecular complexity index is 525. The number of fused-ring (bicyclic) bond motifs is 5. The quantitative estimate of drug-likeness (QED) is 0.562. The van der Waals surface area contributed by atoms with Gasteiger partial charge in [-0.3, -0.25) is 4.79 Å². The predicted octanol–water partition coefficient (Wildman–Crippen LogP) is 2.09. The molecular formula is C13H12O3. The van der Waals surface area contributed by atoms with Crippen molar-refractivity contribution in [2.45, 2.75) is 18.6 Å². The molecule has 0 N–H and O–H groups in total. The van der Waals surface area contributed by atoms with Gasteiger partial charge >= 0.3 is 5.97 Å². The standard InChI is InChI=1S/C13H12O3/c1-9(14)15-8-13-7-6-12(16-13)10-4-2-3-5-11(10)13/h2-7,12H,8H2,1H3/t12-,13-/m1/s1/i12D. The van der Waals surface area contributed by atoms with Crippen molar-refractivity contribution >= 4 is 5.97 Å². The Labute approximate surface area is 95.1 Å². The summed E-state index contributed by atoms with van der Waals surface area (Å²) >= 11 is 0. The van der Waals surface area contributed by atoms with E-state index in [4.69, 9.17) is 10.8 Å². The molecule has 2 aliphatic rings. The molecule has 3 nitrogen and oxygen atoms in total. The Kier molecular flexibility index (Phi) is 1.70. The monoisotopic (exact) mass is 217 g/mol. The Hall–Kier alpha value is -1.61. The number of carbonyl (C=O) groups excluding carboxylic acids is 1. The van der Waals surface area contributed by atoms with Crippen LogP contribution in [-0.2, 0) is 19.9 Å². The summed E-state index contributed by atoms with van der Waals surface area (Å²) in [7, 11) is 0. The van der Waals surface area contributed by atoms with Crippen LogP contribution >= 0.6 is 0 Å². The Morgan fingerprint density at radius 3 is 3.25 bits per heavy atom. The van der Waals surface area contributed by atoms with Crippen LogP contribution in [0.25, 0.3) is 0 Å². The molecular weight excluding hydrogens is 204 g/mol. The van der Waals surface area contributed by atoms with Gasteiger partial charge in [-0.15, -0.1) is 0 Å². The number of hydrogen-bond donors (Lipinski definition) is 0. The first-order valence-electron chi connectivity index (χ1n) is 5.70. The maximum atomic E-state index is 10.9. The molecule has 0 fully saturated rings. The average Bonchev–Trinajstić information content (AvgIpc) is 2.78. The van der Waals surface area contributed by atoms with Gasteiger partial charge in [0.15, 0.2) is 0 Å². The van der Waals surface area contributed by atoms with Gasteiger partial charge in [0.1, 0.15) is 18.3 Å². The van der Waals surface area contributed by atoms with E-state index in [1.807, 2.05) is 30.3 Å². The van der Waals surface area contributed by atoms with E-state index in [1.165, 1.54) is 6.92 Å². The maximum absolute atomic E-state index is 10.9. The van der Waals surface area contributed by atoms with E-state index in [0.29, 0.717) is 0 Å². The van der Waals surface area contributed by atoms with Gasteiger partial charge in [-0.1, -0.05) is 30.3 Å². The first-order chi connectivity index (χ1) is 8.06. The normalized spacial score (nSPS) is 34.7. The van der Waals surface area contributed by atoms with Crippen molar-refractivity contribution in [1.82, 2.24) is 0 Å². The molecule has 2 aliphatic heterocycles. The van der Waals surface area contributed by atoms with Gasteiger partial charge in [-0.25, -0.2) is 0 Å². The fraction of sp³-hybridized carbons (Fsp3) is 0.308. The van der Waals surface area contributed by atoms with E-state index in [2.05, 4.69) is 0 Å². The summed E-state index contributed by atoms with van der Waals surface area (Å²) in [6.45, 7) is 1.49. The van der Waals surface area contributed by atoms with Crippen molar-refractivity contribution in [3.05, 3.63) is 47.5 Å².